The normalized spacial score (nSPS) is 14.1. The molecule has 1 fully saturated rings. The summed E-state index contributed by atoms with van der Waals surface area (Å²) in [7, 11) is 0. The second-order valence-corrected chi connectivity index (χ2v) is 5.51. The lowest BCUT2D eigenvalue weighted by Crippen LogP contribution is -2.23. The predicted octanol–water partition coefficient (Wildman–Crippen LogP) is 3.66. The van der Waals surface area contributed by atoms with E-state index in [4.69, 9.17) is 9.47 Å². The molecular weight excluding hydrogens is 290 g/mol. The van der Waals surface area contributed by atoms with Crippen LogP contribution < -0.4 is 14.4 Å². The van der Waals surface area contributed by atoms with Crippen molar-refractivity contribution in [3.8, 4) is 11.5 Å². The van der Waals surface area contributed by atoms with Crippen molar-refractivity contribution in [3.05, 3.63) is 54.6 Å². The predicted molar refractivity (Wildman–Crippen MR) is 90.1 cm³/mol. The molecule has 2 aromatic carbocycles. The van der Waals surface area contributed by atoms with Crippen LogP contribution in [-0.2, 0) is 4.79 Å². The van der Waals surface area contributed by atoms with Gasteiger partial charge in [0.15, 0.2) is 0 Å². The van der Waals surface area contributed by atoms with Crippen LogP contribution in [0.4, 0.5) is 5.69 Å². The van der Waals surface area contributed by atoms with E-state index in [9.17, 15) is 4.79 Å². The van der Waals surface area contributed by atoms with E-state index in [2.05, 4.69) is 0 Å². The monoisotopic (exact) mass is 311 g/mol. The van der Waals surface area contributed by atoms with E-state index in [-0.39, 0.29) is 5.91 Å². The second kappa shape index (κ2) is 7.68. The van der Waals surface area contributed by atoms with Crippen LogP contribution in [0.3, 0.4) is 0 Å². The van der Waals surface area contributed by atoms with Crippen molar-refractivity contribution in [3.63, 3.8) is 0 Å². The molecule has 1 aliphatic rings. The highest BCUT2D eigenvalue weighted by Gasteiger charge is 2.21. The zero-order chi connectivity index (χ0) is 15.9. The van der Waals surface area contributed by atoms with Crippen LogP contribution in [0.25, 0.3) is 0 Å². The summed E-state index contributed by atoms with van der Waals surface area (Å²) in [5, 5.41) is 0. The number of amides is 1. The fourth-order valence-corrected chi connectivity index (χ4v) is 2.62. The van der Waals surface area contributed by atoms with Gasteiger partial charge in [-0.15, -0.1) is 0 Å². The number of hydrogen-bond donors (Lipinski definition) is 0. The molecule has 0 spiro atoms. The third-order valence-electron chi connectivity index (χ3n) is 3.77. The molecule has 0 saturated carbocycles. The lowest BCUT2D eigenvalue weighted by molar-refractivity contribution is -0.117. The van der Waals surface area contributed by atoms with E-state index >= 15 is 0 Å². The van der Waals surface area contributed by atoms with E-state index in [0.29, 0.717) is 19.6 Å². The topological polar surface area (TPSA) is 38.8 Å². The minimum absolute atomic E-state index is 0.193. The van der Waals surface area contributed by atoms with E-state index in [0.717, 1.165) is 36.6 Å². The van der Waals surface area contributed by atoms with Gasteiger partial charge < -0.3 is 14.4 Å². The Morgan fingerprint density at radius 1 is 0.913 bits per heavy atom. The summed E-state index contributed by atoms with van der Waals surface area (Å²) in [5.74, 6) is 1.86. The summed E-state index contributed by atoms with van der Waals surface area (Å²) < 4.78 is 11.4. The minimum Gasteiger partial charge on any atom is -0.493 e. The van der Waals surface area contributed by atoms with Crippen LogP contribution >= 0.6 is 0 Å². The largest absolute Gasteiger partial charge is 0.493 e. The Hall–Kier alpha value is -2.49. The third-order valence-corrected chi connectivity index (χ3v) is 3.77. The number of nitrogens with zero attached hydrogens (tertiary/aromatic N) is 1. The first-order chi connectivity index (χ1) is 11.3. The van der Waals surface area contributed by atoms with Crippen LogP contribution in [0.15, 0.2) is 54.6 Å². The average molecular weight is 311 g/mol. The molecule has 1 aliphatic heterocycles. The standard InChI is InChI=1S/C19H21NO3/c21-19-11-5-12-20(19)16-7-4-10-18(15-16)23-14-6-13-22-17-8-2-1-3-9-17/h1-4,7-10,15H,5-6,11-14H2. The molecule has 3 rings (SSSR count). The number of carbonyl (C=O) groups is 1. The van der Waals surface area contributed by atoms with Gasteiger partial charge in [0, 0.05) is 31.1 Å². The molecule has 2 aromatic rings. The van der Waals surface area contributed by atoms with Gasteiger partial charge in [0.1, 0.15) is 11.5 Å². The van der Waals surface area contributed by atoms with Crippen LogP contribution in [0.2, 0.25) is 0 Å². The maximum absolute atomic E-state index is 11.8. The van der Waals surface area contributed by atoms with Crippen molar-refractivity contribution in [2.24, 2.45) is 0 Å². The van der Waals surface area contributed by atoms with Crippen LogP contribution in [0.1, 0.15) is 19.3 Å². The van der Waals surface area contributed by atoms with Crippen molar-refractivity contribution < 1.29 is 14.3 Å². The molecule has 0 atom stereocenters. The van der Waals surface area contributed by atoms with Gasteiger partial charge in [0.2, 0.25) is 5.91 Å². The van der Waals surface area contributed by atoms with Gasteiger partial charge in [-0.3, -0.25) is 4.79 Å². The Morgan fingerprint density at radius 2 is 1.65 bits per heavy atom. The first-order valence-electron chi connectivity index (χ1n) is 8.04. The Balaban J connectivity index is 1.44. The van der Waals surface area contributed by atoms with Gasteiger partial charge in [0.05, 0.1) is 13.2 Å². The summed E-state index contributed by atoms with van der Waals surface area (Å²) in [6.45, 7) is 2.01. The SMILES string of the molecule is O=C1CCCN1c1cccc(OCCCOc2ccccc2)c1. The number of para-hydroxylation sites is 1. The Labute approximate surface area is 136 Å². The van der Waals surface area contributed by atoms with Gasteiger partial charge in [-0.1, -0.05) is 24.3 Å². The van der Waals surface area contributed by atoms with Crippen molar-refractivity contribution in [2.75, 3.05) is 24.7 Å². The smallest absolute Gasteiger partial charge is 0.227 e. The molecule has 1 saturated heterocycles. The van der Waals surface area contributed by atoms with Crippen LogP contribution in [0, 0.1) is 0 Å². The van der Waals surface area contributed by atoms with Gasteiger partial charge in [-0.2, -0.15) is 0 Å². The van der Waals surface area contributed by atoms with Gasteiger partial charge in [-0.05, 0) is 30.7 Å². The summed E-state index contributed by atoms with van der Waals surface area (Å²) in [6.07, 6.45) is 2.38. The number of ether oxygens (including phenoxy) is 2. The first-order valence-corrected chi connectivity index (χ1v) is 8.04. The van der Waals surface area contributed by atoms with E-state index in [1.54, 1.807) is 0 Å². The Kier molecular flexibility index (Phi) is 5.14. The summed E-state index contributed by atoms with van der Waals surface area (Å²) in [5.41, 5.74) is 0.922. The maximum atomic E-state index is 11.8. The molecular formula is C19H21NO3. The number of benzene rings is 2. The maximum Gasteiger partial charge on any atom is 0.227 e. The Bertz CT molecular complexity index is 642. The van der Waals surface area contributed by atoms with Crippen molar-refractivity contribution >= 4 is 11.6 Å². The number of rotatable bonds is 7. The van der Waals surface area contributed by atoms with Crippen molar-refractivity contribution in [1.29, 1.82) is 0 Å². The first kappa shape index (κ1) is 15.4. The molecule has 0 radical (unpaired) electrons. The molecule has 1 heterocycles. The highest BCUT2D eigenvalue weighted by Crippen LogP contribution is 2.25. The van der Waals surface area contributed by atoms with Crippen LogP contribution in [0.5, 0.6) is 11.5 Å². The summed E-state index contributed by atoms with van der Waals surface area (Å²) in [6, 6.07) is 17.5. The van der Waals surface area contributed by atoms with E-state index in [1.807, 2.05) is 59.5 Å². The number of carbonyl (C=O) groups excluding carboxylic acids is 1. The van der Waals surface area contributed by atoms with Gasteiger partial charge in [-0.25, -0.2) is 0 Å². The third kappa shape index (κ3) is 4.25. The minimum atomic E-state index is 0.193. The molecule has 4 heteroatoms. The highest BCUT2D eigenvalue weighted by molar-refractivity contribution is 5.95. The zero-order valence-electron chi connectivity index (χ0n) is 13.1. The van der Waals surface area contributed by atoms with Crippen molar-refractivity contribution in [2.45, 2.75) is 19.3 Å². The lowest BCUT2D eigenvalue weighted by atomic mass is 10.3. The molecule has 0 N–H and O–H groups in total. The molecule has 1 amide bonds. The molecule has 0 unspecified atom stereocenters. The molecule has 0 aromatic heterocycles. The molecule has 4 nitrogen and oxygen atoms in total. The molecule has 23 heavy (non-hydrogen) atoms. The average Bonchev–Trinajstić information content (AvgIpc) is 3.02. The van der Waals surface area contributed by atoms with E-state index < -0.39 is 0 Å². The lowest BCUT2D eigenvalue weighted by Gasteiger charge is -2.16. The number of anilines is 1. The molecule has 0 aliphatic carbocycles. The highest BCUT2D eigenvalue weighted by atomic mass is 16.5. The quantitative estimate of drug-likeness (QED) is 0.733. The van der Waals surface area contributed by atoms with E-state index in [1.165, 1.54) is 0 Å². The molecule has 0 bridgehead atoms. The summed E-state index contributed by atoms with van der Waals surface area (Å²) in [4.78, 5) is 13.6. The summed E-state index contributed by atoms with van der Waals surface area (Å²) >= 11 is 0. The fourth-order valence-electron chi connectivity index (χ4n) is 2.62. The fraction of sp³-hybridized carbons (Fsp3) is 0.316. The number of hydrogen-bond acceptors (Lipinski definition) is 3. The zero-order valence-corrected chi connectivity index (χ0v) is 13.1. The van der Waals surface area contributed by atoms with Crippen molar-refractivity contribution in [1.82, 2.24) is 0 Å². The Morgan fingerprint density at radius 3 is 2.39 bits per heavy atom. The van der Waals surface area contributed by atoms with Gasteiger partial charge >= 0.3 is 0 Å². The molecule has 120 valence electrons. The second-order valence-electron chi connectivity index (χ2n) is 5.51. The van der Waals surface area contributed by atoms with Gasteiger partial charge in [0.25, 0.3) is 0 Å². The van der Waals surface area contributed by atoms with Crippen LogP contribution in [-0.4, -0.2) is 25.7 Å².